The van der Waals surface area contributed by atoms with Gasteiger partial charge in [-0.3, -0.25) is 14.4 Å². The second-order valence-corrected chi connectivity index (χ2v) is 10.8. The monoisotopic (exact) mass is 590 g/mol. The second-order valence-electron chi connectivity index (χ2n) is 10.8. The Morgan fingerprint density at radius 2 is 1.56 bits per heavy atom. The van der Waals surface area contributed by atoms with E-state index in [0.717, 1.165) is 18.4 Å². The van der Waals surface area contributed by atoms with E-state index in [-0.39, 0.29) is 29.6 Å². The summed E-state index contributed by atoms with van der Waals surface area (Å²) in [7, 11) is 1.49. The summed E-state index contributed by atoms with van der Waals surface area (Å²) in [6.45, 7) is 7.03. The van der Waals surface area contributed by atoms with Crippen LogP contribution in [0.15, 0.2) is 72.8 Å². The van der Waals surface area contributed by atoms with Gasteiger partial charge in [-0.15, -0.1) is 0 Å². The molecule has 9 heteroatoms. The molecule has 8 nitrogen and oxygen atoms in total. The minimum absolute atomic E-state index is 0.157. The molecule has 0 radical (unpaired) electrons. The number of amides is 3. The van der Waals surface area contributed by atoms with E-state index in [1.165, 1.54) is 31.4 Å². The molecule has 3 aromatic rings. The lowest BCUT2D eigenvalue weighted by atomic mass is 9.91. The molecule has 3 aromatic carbocycles. The normalized spacial score (nSPS) is 13.0. The van der Waals surface area contributed by atoms with Crippen LogP contribution in [-0.4, -0.2) is 54.9 Å². The SMILES string of the molecule is CCCN(CCC)C(=O)c1cc(OC)cc(C(=O)N[C@@H](Cc2ccccc2)[C@@H](N)C[C@@H](C)C(=O)Nc2ccc(F)cc2)c1. The number of nitrogens with zero attached hydrogens (tertiary/aromatic N) is 1. The van der Waals surface area contributed by atoms with E-state index in [2.05, 4.69) is 10.6 Å². The summed E-state index contributed by atoms with van der Waals surface area (Å²) in [5, 5.41) is 5.85. The van der Waals surface area contributed by atoms with Crippen molar-refractivity contribution in [2.45, 2.75) is 58.5 Å². The minimum atomic E-state index is -0.575. The standard InChI is InChI=1S/C34H43FN4O4/c1-5-16-39(17-6-2)34(42)26-20-25(21-29(22-26)43-4)33(41)38-31(19-24-10-8-7-9-11-24)30(36)18-23(3)32(40)37-28-14-12-27(35)13-15-28/h7-15,20-23,30-31H,5-6,16-19,36H2,1-4H3,(H,37,40)(H,38,41)/t23-,30+,31+/m1/s1. The fraction of sp³-hybridized carbons (Fsp3) is 0.382. The van der Waals surface area contributed by atoms with Crippen LogP contribution in [0.1, 0.15) is 66.3 Å². The summed E-state index contributed by atoms with van der Waals surface area (Å²) in [6.07, 6.45) is 2.37. The predicted molar refractivity (Wildman–Crippen MR) is 168 cm³/mol. The molecule has 3 atom stereocenters. The molecule has 43 heavy (non-hydrogen) atoms. The fourth-order valence-electron chi connectivity index (χ4n) is 4.92. The van der Waals surface area contributed by atoms with E-state index >= 15 is 0 Å². The van der Waals surface area contributed by atoms with E-state index in [0.29, 0.717) is 36.5 Å². The number of rotatable bonds is 15. The third-order valence-corrected chi connectivity index (χ3v) is 7.24. The zero-order chi connectivity index (χ0) is 31.4. The molecule has 230 valence electrons. The number of hydrogen-bond donors (Lipinski definition) is 3. The largest absolute Gasteiger partial charge is 0.497 e. The molecule has 0 fully saturated rings. The summed E-state index contributed by atoms with van der Waals surface area (Å²) in [5.74, 6) is -1.29. The summed E-state index contributed by atoms with van der Waals surface area (Å²) in [4.78, 5) is 41.6. The molecule has 0 aliphatic carbocycles. The first-order chi connectivity index (χ1) is 20.6. The van der Waals surface area contributed by atoms with Gasteiger partial charge in [0.1, 0.15) is 11.6 Å². The van der Waals surface area contributed by atoms with Crippen LogP contribution in [-0.2, 0) is 11.2 Å². The Labute approximate surface area is 253 Å². The lowest BCUT2D eigenvalue weighted by molar-refractivity contribution is -0.119. The molecule has 0 aromatic heterocycles. The lowest BCUT2D eigenvalue weighted by Gasteiger charge is -2.27. The Hall–Kier alpha value is -4.24. The van der Waals surface area contributed by atoms with Crippen LogP contribution < -0.4 is 21.1 Å². The fourth-order valence-corrected chi connectivity index (χ4v) is 4.92. The molecule has 0 saturated carbocycles. The molecule has 0 aliphatic rings. The van der Waals surface area contributed by atoms with E-state index in [1.54, 1.807) is 30.0 Å². The highest BCUT2D eigenvalue weighted by Gasteiger charge is 2.26. The first kappa shape index (κ1) is 33.3. The maximum Gasteiger partial charge on any atom is 0.254 e. The molecule has 0 spiro atoms. The number of nitrogens with one attached hydrogen (secondary N) is 2. The van der Waals surface area contributed by atoms with Gasteiger partial charge < -0.3 is 26.0 Å². The number of methoxy groups -OCH3 is 1. The number of anilines is 1. The number of halogens is 1. The topological polar surface area (TPSA) is 114 Å². The van der Waals surface area contributed by atoms with Crippen LogP contribution >= 0.6 is 0 Å². The first-order valence-corrected chi connectivity index (χ1v) is 14.8. The highest BCUT2D eigenvalue weighted by molar-refractivity contribution is 6.00. The molecule has 3 amide bonds. The van der Waals surface area contributed by atoms with Crippen molar-refractivity contribution in [2.75, 3.05) is 25.5 Å². The number of ether oxygens (including phenoxy) is 1. The Kier molecular flexibility index (Phi) is 12.7. The van der Waals surface area contributed by atoms with Crippen LogP contribution in [0.3, 0.4) is 0 Å². The van der Waals surface area contributed by atoms with Gasteiger partial charge in [-0.2, -0.15) is 0 Å². The van der Waals surface area contributed by atoms with Crippen LogP contribution in [0.25, 0.3) is 0 Å². The van der Waals surface area contributed by atoms with Crippen molar-refractivity contribution < 1.29 is 23.5 Å². The van der Waals surface area contributed by atoms with Crippen molar-refractivity contribution in [3.63, 3.8) is 0 Å². The van der Waals surface area contributed by atoms with Gasteiger partial charge in [-0.1, -0.05) is 51.1 Å². The third-order valence-electron chi connectivity index (χ3n) is 7.24. The van der Waals surface area contributed by atoms with Crippen molar-refractivity contribution >= 4 is 23.4 Å². The zero-order valence-corrected chi connectivity index (χ0v) is 25.4. The van der Waals surface area contributed by atoms with Gasteiger partial charge in [0.15, 0.2) is 0 Å². The van der Waals surface area contributed by atoms with Gasteiger partial charge in [-0.25, -0.2) is 4.39 Å². The van der Waals surface area contributed by atoms with Crippen molar-refractivity contribution in [3.8, 4) is 5.75 Å². The van der Waals surface area contributed by atoms with Gasteiger partial charge in [0.25, 0.3) is 11.8 Å². The van der Waals surface area contributed by atoms with E-state index in [4.69, 9.17) is 10.5 Å². The molecule has 0 aliphatic heterocycles. The Balaban J connectivity index is 1.81. The molecular formula is C34H43FN4O4. The van der Waals surface area contributed by atoms with Crippen LogP contribution in [0.5, 0.6) is 5.75 Å². The average Bonchev–Trinajstić information content (AvgIpc) is 3.01. The first-order valence-electron chi connectivity index (χ1n) is 14.8. The van der Waals surface area contributed by atoms with E-state index < -0.39 is 23.9 Å². The van der Waals surface area contributed by atoms with Crippen molar-refractivity contribution in [1.82, 2.24) is 10.2 Å². The number of hydrogen-bond acceptors (Lipinski definition) is 5. The van der Waals surface area contributed by atoms with Crippen LogP contribution in [0, 0.1) is 11.7 Å². The summed E-state index contributed by atoms with van der Waals surface area (Å²) in [6, 6.07) is 18.9. The van der Waals surface area contributed by atoms with Crippen molar-refractivity contribution in [2.24, 2.45) is 11.7 Å². The van der Waals surface area contributed by atoms with Crippen LogP contribution in [0.4, 0.5) is 10.1 Å². The number of nitrogens with two attached hydrogens (primary N) is 1. The Bertz CT molecular complexity index is 1340. The van der Waals surface area contributed by atoms with Crippen molar-refractivity contribution in [3.05, 3.63) is 95.3 Å². The second kappa shape index (κ2) is 16.4. The molecular weight excluding hydrogens is 547 g/mol. The number of carbonyl (C=O) groups is 3. The number of benzene rings is 3. The molecule has 0 bridgehead atoms. The third kappa shape index (κ3) is 9.92. The van der Waals surface area contributed by atoms with Crippen molar-refractivity contribution in [1.29, 1.82) is 0 Å². The molecule has 0 heterocycles. The zero-order valence-electron chi connectivity index (χ0n) is 25.4. The quantitative estimate of drug-likeness (QED) is 0.219. The molecule has 0 saturated heterocycles. The van der Waals surface area contributed by atoms with Gasteiger partial charge in [-0.05, 0) is 73.7 Å². The van der Waals surface area contributed by atoms with Crippen LogP contribution in [0.2, 0.25) is 0 Å². The summed E-state index contributed by atoms with van der Waals surface area (Å²) in [5.41, 5.74) is 8.77. The highest BCUT2D eigenvalue weighted by Crippen LogP contribution is 2.21. The summed E-state index contributed by atoms with van der Waals surface area (Å²) >= 11 is 0. The maximum atomic E-state index is 13.6. The minimum Gasteiger partial charge on any atom is -0.497 e. The number of carbonyl (C=O) groups excluding carboxylic acids is 3. The highest BCUT2D eigenvalue weighted by atomic mass is 19.1. The molecule has 0 unspecified atom stereocenters. The molecule has 3 rings (SSSR count). The Morgan fingerprint density at radius 1 is 0.930 bits per heavy atom. The van der Waals surface area contributed by atoms with E-state index in [1.807, 2.05) is 44.2 Å². The maximum absolute atomic E-state index is 13.6. The van der Waals surface area contributed by atoms with Gasteiger partial charge in [0.05, 0.1) is 7.11 Å². The lowest BCUT2D eigenvalue weighted by Crippen LogP contribution is -2.50. The molecule has 4 N–H and O–H groups in total. The Morgan fingerprint density at radius 3 is 2.16 bits per heavy atom. The predicted octanol–water partition coefficient (Wildman–Crippen LogP) is 5.43. The van der Waals surface area contributed by atoms with Gasteiger partial charge >= 0.3 is 0 Å². The average molecular weight is 591 g/mol. The summed E-state index contributed by atoms with van der Waals surface area (Å²) < 4.78 is 18.7. The van der Waals surface area contributed by atoms with Gasteiger partial charge in [0.2, 0.25) is 5.91 Å². The van der Waals surface area contributed by atoms with Gasteiger partial charge in [0, 0.05) is 47.9 Å². The van der Waals surface area contributed by atoms with E-state index in [9.17, 15) is 18.8 Å². The smallest absolute Gasteiger partial charge is 0.254 e.